The van der Waals surface area contributed by atoms with Gasteiger partial charge in [0.25, 0.3) is 0 Å². The van der Waals surface area contributed by atoms with Crippen molar-refractivity contribution in [2.45, 2.75) is 0 Å². The van der Waals surface area contributed by atoms with Gasteiger partial charge in [0.2, 0.25) is 0 Å². The van der Waals surface area contributed by atoms with Crippen molar-refractivity contribution >= 4 is 33.5 Å². The Balaban J connectivity index is 2.77. The van der Waals surface area contributed by atoms with Gasteiger partial charge in [-0.25, -0.2) is 9.37 Å². The lowest BCUT2D eigenvalue weighted by molar-refractivity contribution is 0.112. The third kappa shape index (κ3) is 1.27. The van der Waals surface area contributed by atoms with Crippen LogP contribution >= 0.6 is 11.3 Å². The molecular formula is C8H5FN2OS. The Morgan fingerprint density at radius 3 is 3.00 bits per heavy atom. The highest BCUT2D eigenvalue weighted by atomic mass is 32.1. The number of benzene rings is 1. The summed E-state index contributed by atoms with van der Waals surface area (Å²) in [5, 5.41) is 0.333. The van der Waals surface area contributed by atoms with Crippen molar-refractivity contribution in [1.29, 1.82) is 0 Å². The van der Waals surface area contributed by atoms with Crippen LogP contribution in [0, 0.1) is 5.82 Å². The molecule has 13 heavy (non-hydrogen) atoms. The molecule has 1 aromatic heterocycles. The summed E-state index contributed by atoms with van der Waals surface area (Å²) in [4.78, 5) is 14.3. The third-order valence-corrected chi connectivity index (χ3v) is 2.57. The van der Waals surface area contributed by atoms with Gasteiger partial charge in [0.15, 0.2) is 11.3 Å². The summed E-state index contributed by atoms with van der Waals surface area (Å²) in [6.45, 7) is 0. The number of thiazole rings is 1. The lowest BCUT2D eigenvalue weighted by Crippen LogP contribution is -1.88. The first-order valence-electron chi connectivity index (χ1n) is 3.51. The molecule has 0 aliphatic carbocycles. The highest BCUT2D eigenvalue weighted by Crippen LogP contribution is 2.25. The summed E-state index contributed by atoms with van der Waals surface area (Å²) in [5.41, 5.74) is 5.95. The van der Waals surface area contributed by atoms with E-state index in [1.165, 1.54) is 12.1 Å². The molecule has 1 aromatic carbocycles. The van der Waals surface area contributed by atoms with Crippen LogP contribution in [-0.2, 0) is 0 Å². The molecule has 0 saturated carbocycles. The van der Waals surface area contributed by atoms with Gasteiger partial charge in [-0.15, -0.1) is 11.3 Å². The van der Waals surface area contributed by atoms with E-state index >= 15 is 0 Å². The number of aldehydes is 1. The predicted molar refractivity (Wildman–Crippen MR) is 49.4 cm³/mol. The van der Waals surface area contributed by atoms with Gasteiger partial charge in [-0.3, -0.25) is 4.79 Å². The fraction of sp³-hybridized carbons (Fsp3) is 0. The average Bonchev–Trinajstić information content (AvgIpc) is 2.48. The van der Waals surface area contributed by atoms with Crippen LogP contribution < -0.4 is 5.73 Å². The fourth-order valence-corrected chi connectivity index (χ4v) is 1.82. The SMILES string of the molecule is Nc1cc2nc(C=O)sc2cc1F. The number of carbonyl (C=O) groups excluding carboxylic acids is 1. The van der Waals surface area contributed by atoms with Gasteiger partial charge in [-0.1, -0.05) is 0 Å². The maximum atomic E-state index is 12.9. The first-order chi connectivity index (χ1) is 6.20. The van der Waals surface area contributed by atoms with Crippen molar-refractivity contribution in [3.63, 3.8) is 0 Å². The highest BCUT2D eigenvalue weighted by molar-refractivity contribution is 7.20. The van der Waals surface area contributed by atoms with E-state index in [-0.39, 0.29) is 5.69 Å². The molecule has 0 fully saturated rings. The molecule has 1 heterocycles. The highest BCUT2D eigenvalue weighted by Gasteiger charge is 2.06. The Morgan fingerprint density at radius 2 is 2.31 bits per heavy atom. The molecule has 0 spiro atoms. The van der Waals surface area contributed by atoms with Crippen LogP contribution in [-0.4, -0.2) is 11.3 Å². The van der Waals surface area contributed by atoms with E-state index in [0.717, 1.165) is 11.3 Å². The fourth-order valence-electron chi connectivity index (χ4n) is 1.03. The van der Waals surface area contributed by atoms with Gasteiger partial charge in [-0.05, 0) is 12.1 Å². The number of halogens is 1. The molecule has 3 nitrogen and oxygen atoms in total. The topological polar surface area (TPSA) is 56.0 Å². The van der Waals surface area contributed by atoms with E-state index in [1.807, 2.05) is 0 Å². The van der Waals surface area contributed by atoms with Crippen molar-refractivity contribution in [2.24, 2.45) is 0 Å². The van der Waals surface area contributed by atoms with E-state index in [0.29, 0.717) is 21.5 Å². The summed E-state index contributed by atoms with van der Waals surface area (Å²) in [5.74, 6) is -0.478. The van der Waals surface area contributed by atoms with Gasteiger partial charge in [-0.2, -0.15) is 0 Å². The standard InChI is InChI=1S/C8H5FN2OS/c9-4-1-7-6(2-5(4)10)11-8(3-12)13-7/h1-3H,10H2. The predicted octanol–water partition coefficient (Wildman–Crippen LogP) is 1.83. The van der Waals surface area contributed by atoms with Gasteiger partial charge >= 0.3 is 0 Å². The second-order valence-corrected chi connectivity index (χ2v) is 3.57. The minimum Gasteiger partial charge on any atom is -0.396 e. The van der Waals surface area contributed by atoms with Gasteiger partial charge < -0.3 is 5.73 Å². The number of fused-ring (bicyclic) bond motifs is 1. The monoisotopic (exact) mass is 196 g/mol. The van der Waals surface area contributed by atoms with E-state index < -0.39 is 5.82 Å². The Morgan fingerprint density at radius 1 is 1.54 bits per heavy atom. The average molecular weight is 196 g/mol. The smallest absolute Gasteiger partial charge is 0.178 e. The zero-order chi connectivity index (χ0) is 9.42. The maximum absolute atomic E-state index is 12.9. The molecule has 0 atom stereocenters. The van der Waals surface area contributed by atoms with Crippen LogP contribution in [0.2, 0.25) is 0 Å². The number of hydrogen-bond donors (Lipinski definition) is 1. The number of anilines is 1. The van der Waals surface area contributed by atoms with Crippen LogP contribution in [0.1, 0.15) is 9.80 Å². The van der Waals surface area contributed by atoms with Crippen LogP contribution in [0.5, 0.6) is 0 Å². The molecular weight excluding hydrogens is 191 g/mol. The zero-order valence-corrected chi connectivity index (χ0v) is 7.27. The molecule has 0 aliphatic rings. The molecule has 0 bridgehead atoms. The number of nitrogens with two attached hydrogens (primary N) is 1. The Bertz CT molecular complexity index is 441. The molecule has 0 amide bonds. The lowest BCUT2D eigenvalue weighted by atomic mass is 10.3. The molecule has 66 valence electrons. The van der Waals surface area contributed by atoms with Crippen molar-refractivity contribution in [3.8, 4) is 0 Å². The van der Waals surface area contributed by atoms with E-state index in [1.54, 1.807) is 0 Å². The summed E-state index contributed by atoms with van der Waals surface area (Å²) in [6, 6.07) is 2.71. The van der Waals surface area contributed by atoms with Crippen LogP contribution in [0.4, 0.5) is 10.1 Å². The molecule has 2 N–H and O–H groups in total. The number of rotatable bonds is 1. The number of nitrogens with zero attached hydrogens (tertiary/aromatic N) is 1. The lowest BCUT2D eigenvalue weighted by Gasteiger charge is -1.93. The third-order valence-electron chi connectivity index (χ3n) is 1.62. The minimum absolute atomic E-state index is 0.0512. The molecule has 0 unspecified atom stereocenters. The quantitative estimate of drug-likeness (QED) is 0.559. The minimum atomic E-state index is -0.478. The van der Waals surface area contributed by atoms with Gasteiger partial charge in [0.1, 0.15) is 5.82 Å². The summed E-state index contributed by atoms with van der Waals surface area (Å²) in [6.07, 6.45) is 0.638. The van der Waals surface area contributed by atoms with E-state index in [2.05, 4.69) is 4.98 Å². The van der Waals surface area contributed by atoms with Crippen LogP contribution in [0.15, 0.2) is 12.1 Å². The molecule has 2 rings (SSSR count). The second-order valence-electron chi connectivity index (χ2n) is 2.51. The number of nitrogen functional groups attached to an aromatic ring is 1. The molecule has 5 heteroatoms. The van der Waals surface area contributed by atoms with E-state index in [4.69, 9.17) is 5.73 Å². The van der Waals surface area contributed by atoms with Gasteiger partial charge in [0, 0.05) is 0 Å². The number of aromatic nitrogens is 1. The molecule has 2 aromatic rings. The van der Waals surface area contributed by atoms with Crippen molar-refractivity contribution in [3.05, 3.63) is 23.0 Å². The molecule has 0 radical (unpaired) electrons. The second kappa shape index (κ2) is 2.77. The zero-order valence-electron chi connectivity index (χ0n) is 6.45. The first-order valence-corrected chi connectivity index (χ1v) is 4.33. The van der Waals surface area contributed by atoms with Crippen molar-refractivity contribution in [2.75, 3.05) is 5.73 Å². The number of carbonyl (C=O) groups is 1. The van der Waals surface area contributed by atoms with E-state index in [9.17, 15) is 9.18 Å². The van der Waals surface area contributed by atoms with Crippen LogP contribution in [0.3, 0.4) is 0 Å². The normalized spacial score (nSPS) is 10.5. The Labute approximate surface area is 77.0 Å². The summed E-state index contributed by atoms with van der Waals surface area (Å²) >= 11 is 1.15. The van der Waals surface area contributed by atoms with Crippen molar-refractivity contribution in [1.82, 2.24) is 4.98 Å². The first kappa shape index (κ1) is 8.12. The Kier molecular flexibility index (Phi) is 1.73. The Hall–Kier alpha value is -1.49. The molecule has 0 aliphatic heterocycles. The number of hydrogen-bond acceptors (Lipinski definition) is 4. The summed E-state index contributed by atoms with van der Waals surface area (Å²) in [7, 11) is 0. The van der Waals surface area contributed by atoms with Gasteiger partial charge in [0.05, 0.1) is 15.9 Å². The molecule has 0 saturated heterocycles. The maximum Gasteiger partial charge on any atom is 0.178 e. The van der Waals surface area contributed by atoms with Crippen LogP contribution in [0.25, 0.3) is 10.2 Å². The largest absolute Gasteiger partial charge is 0.396 e. The summed E-state index contributed by atoms with van der Waals surface area (Å²) < 4.78 is 13.6. The van der Waals surface area contributed by atoms with Crippen molar-refractivity contribution < 1.29 is 9.18 Å².